The summed E-state index contributed by atoms with van der Waals surface area (Å²) in [7, 11) is 0. The second-order valence-corrected chi connectivity index (χ2v) is 4.07. The van der Waals surface area contributed by atoms with Gasteiger partial charge >= 0.3 is 0 Å². The molecule has 0 heterocycles. The van der Waals surface area contributed by atoms with Gasteiger partial charge < -0.3 is 15.9 Å². The third-order valence-electron chi connectivity index (χ3n) is 2.52. The first-order valence-electron chi connectivity index (χ1n) is 5.27. The van der Waals surface area contributed by atoms with E-state index in [0.717, 1.165) is 5.56 Å². The molecule has 0 radical (unpaired) electrons. The molecule has 4 N–H and O–H groups in total. The summed E-state index contributed by atoms with van der Waals surface area (Å²) in [6.07, 6.45) is -0.205. The molecule has 0 fully saturated rings. The lowest BCUT2D eigenvalue weighted by Crippen LogP contribution is -2.07. The van der Waals surface area contributed by atoms with E-state index in [1.165, 1.54) is 0 Å². The third kappa shape index (κ3) is 2.94. The summed E-state index contributed by atoms with van der Waals surface area (Å²) in [4.78, 5) is 0. The van der Waals surface area contributed by atoms with Crippen molar-refractivity contribution in [3.05, 3.63) is 29.3 Å². The molecule has 1 rings (SSSR count). The zero-order chi connectivity index (χ0) is 11.4. The van der Waals surface area contributed by atoms with Gasteiger partial charge in [-0.15, -0.1) is 0 Å². The Balaban J connectivity index is 2.99. The Hall–Kier alpha value is -1.06. The predicted molar refractivity (Wildman–Crippen MR) is 60.8 cm³/mol. The summed E-state index contributed by atoms with van der Waals surface area (Å²) in [5.41, 5.74) is 7.06. The molecule has 0 aromatic heterocycles. The molecule has 0 aliphatic carbocycles. The van der Waals surface area contributed by atoms with Gasteiger partial charge in [-0.25, -0.2) is 0 Å². The van der Waals surface area contributed by atoms with Gasteiger partial charge in [0.15, 0.2) is 0 Å². The molecule has 0 saturated carbocycles. The van der Waals surface area contributed by atoms with Crippen LogP contribution in [-0.2, 0) is 0 Å². The first kappa shape index (κ1) is 12.0. The van der Waals surface area contributed by atoms with Crippen molar-refractivity contribution < 1.29 is 10.2 Å². The molecule has 1 unspecified atom stereocenters. The number of phenolic OH excluding ortho intramolecular Hbond substituents is 1. The van der Waals surface area contributed by atoms with Crippen LogP contribution in [0, 0.1) is 0 Å². The quantitative estimate of drug-likeness (QED) is 0.709. The highest BCUT2D eigenvalue weighted by Crippen LogP contribution is 2.29. The van der Waals surface area contributed by atoms with Crippen molar-refractivity contribution in [2.75, 3.05) is 6.54 Å². The second kappa shape index (κ2) is 5.14. The van der Waals surface area contributed by atoms with Gasteiger partial charge in [0.25, 0.3) is 0 Å². The summed E-state index contributed by atoms with van der Waals surface area (Å²) in [6, 6.07) is 5.35. The summed E-state index contributed by atoms with van der Waals surface area (Å²) in [5, 5.41) is 19.4. The zero-order valence-corrected chi connectivity index (χ0v) is 9.27. The van der Waals surface area contributed by atoms with Gasteiger partial charge in [0.2, 0.25) is 0 Å². The molecule has 1 aromatic rings. The molecule has 0 aliphatic heterocycles. The maximum atomic E-state index is 9.77. The number of hydrogen-bond acceptors (Lipinski definition) is 3. The Morgan fingerprint density at radius 1 is 1.33 bits per heavy atom. The fraction of sp³-hybridized carbons (Fsp3) is 0.500. The van der Waals surface area contributed by atoms with Crippen LogP contribution in [0.2, 0.25) is 0 Å². The topological polar surface area (TPSA) is 66.5 Å². The van der Waals surface area contributed by atoms with E-state index in [9.17, 15) is 10.2 Å². The number of hydrogen-bond donors (Lipinski definition) is 3. The van der Waals surface area contributed by atoms with Crippen LogP contribution < -0.4 is 5.73 Å². The summed E-state index contributed by atoms with van der Waals surface area (Å²) in [5.74, 6) is 0.523. The van der Waals surface area contributed by atoms with E-state index in [1.54, 1.807) is 6.07 Å². The Morgan fingerprint density at radius 2 is 2.00 bits per heavy atom. The second-order valence-electron chi connectivity index (χ2n) is 4.07. The van der Waals surface area contributed by atoms with Gasteiger partial charge in [0.05, 0.1) is 6.10 Å². The number of aliphatic hydroxyl groups is 1. The Bertz CT molecular complexity index is 323. The molecule has 0 aliphatic rings. The van der Waals surface area contributed by atoms with Gasteiger partial charge in [0.1, 0.15) is 5.75 Å². The maximum absolute atomic E-state index is 9.77. The number of phenols is 1. The largest absolute Gasteiger partial charge is 0.508 e. The maximum Gasteiger partial charge on any atom is 0.121 e. The minimum atomic E-state index is -0.673. The number of nitrogens with two attached hydrogens (primary N) is 1. The highest BCUT2D eigenvalue weighted by molar-refractivity contribution is 5.38. The van der Waals surface area contributed by atoms with Gasteiger partial charge in [-0.2, -0.15) is 0 Å². The standard InChI is InChI=1S/C12H19NO2/c1-8(2)9-3-4-11(14)10(7-9)12(15)5-6-13/h3-4,7-8,12,14-15H,5-6,13H2,1-2H3. The van der Waals surface area contributed by atoms with Gasteiger partial charge in [0, 0.05) is 5.56 Å². The van der Waals surface area contributed by atoms with Crippen LogP contribution in [-0.4, -0.2) is 16.8 Å². The molecule has 1 atom stereocenters. The fourth-order valence-electron chi connectivity index (χ4n) is 1.51. The highest BCUT2D eigenvalue weighted by atomic mass is 16.3. The van der Waals surface area contributed by atoms with Gasteiger partial charge in [-0.3, -0.25) is 0 Å². The Labute approximate surface area is 90.5 Å². The van der Waals surface area contributed by atoms with Crippen molar-refractivity contribution in [2.24, 2.45) is 5.73 Å². The average Bonchev–Trinajstić information content (AvgIpc) is 2.18. The number of benzene rings is 1. The first-order chi connectivity index (χ1) is 7.06. The molecule has 0 bridgehead atoms. The predicted octanol–water partition coefficient (Wildman–Crippen LogP) is 1.90. The molecule has 84 valence electrons. The molecule has 15 heavy (non-hydrogen) atoms. The van der Waals surface area contributed by atoms with Crippen LogP contribution in [0.3, 0.4) is 0 Å². The molecular formula is C12H19NO2. The van der Waals surface area contributed by atoms with Crippen molar-refractivity contribution in [3.63, 3.8) is 0 Å². The smallest absolute Gasteiger partial charge is 0.121 e. The molecule has 1 aromatic carbocycles. The lowest BCUT2D eigenvalue weighted by molar-refractivity contribution is 0.166. The van der Waals surface area contributed by atoms with Crippen molar-refractivity contribution >= 4 is 0 Å². The van der Waals surface area contributed by atoms with Crippen LogP contribution in [0.5, 0.6) is 5.75 Å². The minimum Gasteiger partial charge on any atom is -0.508 e. The molecular weight excluding hydrogens is 190 g/mol. The van der Waals surface area contributed by atoms with E-state index in [4.69, 9.17) is 5.73 Å². The zero-order valence-electron chi connectivity index (χ0n) is 9.27. The molecule has 3 heteroatoms. The van der Waals surface area contributed by atoms with Gasteiger partial charge in [-0.1, -0.05) is 19.9 Å². The van der Waals surface area contributed by atoms with Crippen LogP contribution in [0.15, 0.2) is 18.2 Å². The summed E-state index contributed by atoms with van der Waals surface area (Å²) in [6.45, 7) is 4.56. The third-order valence-corrected chi connectivity index (χ3v) is 2.52. The number of aliphatic hydroxyl groups excluding tert-OH is 1. The van der Waals surface area contributed by atoms with E-state index >= 15 is 0 Å². The number of aromatic hydroxyl groups is 1. The van der Waals surface area contributed by atoms with Crippen LogP contribution in [0.25, 0.3) is 0 Å². The Kier molecular flexibility index (Phi) is 4.12. The molecule has 0 amide bonds. The summed E-state index contributed by atoms with van der Waals surface area (Å²) < 4.78 is 0. The van der Waals surface area contributed by atoms with E-state index in [2.05, 4.69) is 13.8 Å². The van der Waals surface area contributed by atoms with Crippen molar-refractivity contribution in [3.8, 4) is 5.75 Å². The van der Waals surface area contributed by atoms with Crippen LogP contribution >= 0.6 is 0 Å². The lowest BCUT2D eigenvalue weighted by Gasteiger charge is -2.14. The normalized spacial score (nSPS) is 13.1. The van der Waals surface area contributed by atoms with Crippen LogP contribution in [0.4, 0.5) is 0 Å². The van der Waals surface area contributed by atoms with Crippen LogP contribution in [0.1, 0.15) is 43.4 Å². The highest BCUT2D eigenvalue weighted by Gasteiger charge is 2.13. The monoisotopic (exact) mass is 209 g/mol. The van der Waals surface area contributed by atoms with E-state index < -0.39 is 6.10 Å². The molecule has 3 nitrogen and oxygen atoms in total. The first-order valence-corrected chi connectivity index (χ1v) is 5.27. The lowest BCUT2D eigenvalue weighted by atomic mass is 9.97. The van der Waals surface area contributed by atoms with E-state index in [1.807, 2.05) is 12.1 Å². The minimum absolute atomic E-state index is 0.139. The van der Waals surface area contributed by atoms with E-state index in [0.29, 0.717) is 24.4 Å². The average molecular weight is 209 g/mol. The Morgan fingerprint density at radius 3 is 2.53 bits per heavy atom. The van der Waals surface area contributed by atoms with Crippen molar-refractivity contribution in [1.82, 2.24) is 0 Å². The summed E-state index contributed by atoms with van der Waals surface area (Å²) >= 11 is 0. The van der Waals surface area contributed by atoms with Crippen molar-refractivity contribution in [1.29, 1.82) is 0 Å². The fourth-order valence-corrected chi connectivity index (χ4v) is 1.51. The van der Waals surface area contributed by atoms with E-state index in [-0.39, 0.29) is 5.75 Å². The number of rotatable bonds is 4. The van der Waals surface area contributed by atoms with Gasteiger partial charge in [-0.05, 0) is 36.6 Å². The van der Waals surface area contributed by atoms with Crippen molar-refractivity contribution in [2.45, 2.75) is 32.3 Å². The molecule has 0 saturated heterocycles. The SMILES string of the molecule is CC(C)c1ccc(O)c(C(O)CCN)c1. The molecule has 0 spiro atoms.